The zero-order valence-corrected chi connectivity index (χ0v) is 12.5. The van der Waals surface area contributed by atoms with Crippen molar-refractivity contribution in [1.82, 2.24) is 15.6 Å². The van der Waals surface area contributed by atoms with Crippen LogP contribution in [-0.2, 0) is 0 Å². The van der Waals surface area contributed by atoms with Gasteiger partial charge in [-0.3, -0.25) is 4.99 Å². The van der Waals surface area contributed by atoms with Crippen LogP contribution in [0.15, 0.2) is 23.3 Å². The SMILES string of the molecule is CN=C(NC1CCN(c2ncccc2F)C1)NC1CC1C. The van der Waals surface area contributed by atoms with Gasteiger partial charge in [0, 0.05) is 38.4 Å². The Morgan fingerprint density at radius 1 is 1.48 bits per heavy atom. The fourth-order valence-electron chi connectivity index (χ4n) is 2.74. The second-order valence-corrected chi connectivity index (χ2v) is 5.92. The van der Waals surface area contributed by atoms with Crippen molar-refractivity contribution in [3.05, 3.63) is 24.1 Å². The standard InChI is InChI=1S/C15H22FN5/c1-10-8-13(10)20-15(17-2)19-11-5-7-21(9-11)14-12(16)4-3-6-18-14/h3-4,6,10-11,13H,5,7-9H2,1-2H3,(H2,17,19,20). The molecule has 2 aliphatic rings. The van der Waals surface area contributed by atoms with Gasteiger partial charge in [-0.05, 0) is 30.9 Å². The van der Waals surface area contributed by atoms with Crippen molar-refractivity contribution in [2.75, 3.05) is 25.0 Å². The zero-order chi connectivity index (χ0) is 14.8. The normalized spacial score (nSPS) is 28.6. The van der Waals surface area contributed by atoms with Crippen LogP contribution in [-0.4, -0.2) is 43.2 Å². The van der Waals surface area contributed by atoms with Crippen molar-refractivity contribution < 1.29 is 4.39 Å². The highest BCUT2D eigenvalue weighted by molar-refractivity contribution is 5.80. The number of guanidine groups is 1. The highest BCUT2D eigenvalue weighted by Crippen LogP contribution is 2.28. The fraction of sp³-hybridized carbons (Fsp3) is 0.600. The van der Waals surface area contributed by atoms with E-state index >= 15 is 0 Å². The Morgan fingerprint density at radius 3 is 2.95 bits per heavy atom. The summed E-state index contributed by atoms with van der Waals surface area (Å²) in [6.45, 7) is 3.78. The third-order valence-corrected chi connectivity index (χ3v) is 4.22. The molecule has 0 amide bonds. The predicted octanol–water partition coefficient (Wildman–Crippen LogP) is 1.37. The monoisotopic (exact) mass is 291 g/mol. The summed E-state index contributed by atoms with van der Waals surface area (Å²) in [5, 5.41) is 6.84. The maximum atomic E-state index is 13.8. The lowest BCUT2D eigenvalue weighted by molar-refractivity contribution is 0.612. The Kier molecular flexibility index (Phi) is 3.94. The molecule has 1 aliphatic heterocycles. The summed E-state index contributed by atoms with van der Waals surface area (Å²) in [5.41, 5.74) is 0. The Balaban J connectivity index is 1.56. The van der Waals surface area contributed by atoms with Crippen LogP contribution >= 0.6 is 0 Å². The lowest BCUT2D eigenvalue weighted by Crippen LogP contribution is -2.45. The minimum atomic E-state index is -0.257. The lowest BCUT2D eigenvalue weighted by Gasteiger charge is -2.20. The average Bonchev–Trinajstić information content (AvgIpc) is 2.99. The predicted molar refractivity (Wildman–Crippen MR) is 82.0 cm³/mol. The number of rotatable bonds is 3. The molecule has 3 unspecified atom stereocenters. The van der Waals surface area contributed by atoms with Gasteiger partial charge in [0.1, 0.15) is 0 Å². The Morgan fingerprint density at radius 2 is 2.29 bits per heavy atom. The minimum absolute atomic E-state index is 0.257. The van der Waals surface area contributed by atoms with E-state index in [-0.39, 0.29) is 11.9 Å². The van der Waals surface area contributed by atoms with E-state index < -0.39 is 0 Å². The molecule has 1 saturated heterocycles. The van der Waals surface area contributed by atoms with Crippen LogP contribution in [0.3, 0.4) is 0 Å². The summed E-state index contributed by atoms with van der Waals surface area (Å²) in [5.74, 6) is 1.76. The number of hydrogen-bond donors (Lipinski definition) is 2. The largest absolute Gasteiger partial charge is 0.353 e. The molecule has 2 N–H and O–H groups in total. The van der Waals surface area contributed by atoms with Crippen LogP contribution in [0.5, 0.6) is 0 Å². The average molecular weight is 291 g/mol. The van der Waals surface area contributed by atoms with E-state index in [1.54, 1.807) is 19.3 Å². The number of halogens is 1. The first kappa shape index (κ1) is 14.1. The molecular weight excluding hydrogens is 269 g/mol. The molecule has 1 aromatic rings. The quantitative estimate of drug-likeness (QED) is 0.652. The van der Waals surface area contributed by atoms with E-state index in [9.17, 15) is 4.39 Å². The van der Waals surface area contributed by atoms with Crippen LogP contribution in [0.25, 0.3) is 0 Å². The summed E-state index contributed by atoms with van der Waals surface area (Å²) in [7, 11) is 1.79. The first-order valence-electron chi connectivity index (χ1n) is 7.52. The molecule has 1 aliphatic carbocycles. The van der Waals surface area contributed by atoms with Crippen molar-refractivity contribution in [2.45, 2.75) is 31.8 Å². The van der Waals surface area contributed by atoms with Crippen molar-refractivity contribution >= 4 is 11.8 Å². The van der Waals surface area contributed by atoms with Gasteiger partial charge in [-0.25, -0.2) is 9.37 Å². The van der Waals surface area contributed by atoms with Crippen LogP contribution in [0.1, 0.15) is 19.8 Å². The molecule has 6 heteroatoms. The highest BCUT2D eigenvalue weighted by atomic mass is 19.1. The Bertz CT molecular complexity index is 533. The summed E-state index contributed by atoms with van der Waals surface area (Å²) in [4.78, 5) is 10.4. The summed E-state index contributed by atoms with van der Waals surface area (Å²) >= 11 is 0. The Hall–Kier alpha value is -1.85. The molecule has 1 saturated carbocycles. The topological polar surface area (TPSA) is 52.6 Å². The fourth-order valence-corrected chi connectivity index (χ4v) is 2.74. The second-order valence-electron chi connectivity index (χ2n) is 5.92. The molecule has 0 aromatic carbocycles. The van der Waals surface area contributed by atoms with Gasteiger partial charge in [0.25, 0.3) is 0 Å². The molecule has 0 spiro atoms. The second kappa shape index (κ2) is 5.87. The van der Waals surface area contributed by atoms with E-state index in [0.717, 1.165) is 31.4 Å². The summed E-state index contributed by atoms with van der Waals surface area (Å²) in [6.07, 6.45) is 3.79. The van der Waals surface area contributed by atoms with Gasteiger partial charge < -0.3 is 15.5 Å². The van der Waals surface area contributed by atoms with Crippen molar-refractivity contribution in [3.63, 3.8) is 0 Å². The number of pyridine rings is 1. The molecule has 2 fully saturated rings. The smallest absolute Gasteiger partial charge is 0.191 e. The van der Waals surface area contributed by atoms with E-state index in [1.807, 2.05) is 4.90 Å². The molecule has 0 bridgehead atoms. The molecule has 1 aromatic heterocycles. The van der Waals surface area contributed by atoms with E-state index in [4.69, 9.17) is 0 Å². The molecule has 114 valence electrons. The third-order valence-electron chi connectivity index (χ3n) is 4.22. The summed E-state index contributed by atoms with van der Waals surface area (Å²) < 4.78 is 13.8. The molecule has 3 atom stereocenters. The lowest BCUT2D eigenvalue weighted by atomic mass is 10.3. The van der Waals surface area contributed by atoms with E-state index in [1.165, 1.54) is 12.5 Å². The van der Waals surface area contributed by atoms with Gasteiger partial charge in [-0.1, -0.05) is 6.92 Å². The van der Waals surface area contributed by atoms with Crippen LogP contribution in [0.4, 0.5) is 10.2 Å². The maximum absolute atomic E-state index is 13.8. The van der Waals surface area contributed by atoms with Crippen LogP contribution in [0.2, 0.25) is 0 Å². The van der Waals surface area contributed by atoms with Gasteiger partial charge in [-0.2, -0.15) is 0 Å². The number of nitrogens with zero attached hydrogens (tertiary/aromatic N) is 3. The first-order valence-corrected chi connectivity index (χ1v) is 7.52. The van der Waals surface area contributed by atoms with E-state index in [0.29, 0.717) is 11.9 Å². The van der Waals surface area contributed by atoms with E-state index in [2.05, 4.69) is 27.5 Å². The first-order chi connectivity index (χ1) is 10.2. The van der Waals surface area contributed by atoms with Crippen LogP contribution in [0, 0.1) is 11.7 Å². The van der Waals surface area contributed by atoms with Crippen LogP contribution < -0.4 is 15.5 Å². The molecule has 21 heavy (non-hydrogen) atoms. The van der Waals surface area contributed by atoms with Gasteiger partial charge in [0.05, 0.1) is 0 Å². The third kappa shape index (κ3) is 3.25. The molecule has 5 nitrogen and oxygen atoms in total. The maximum Gasteiger partial charge on any atom is 0.191 e. The molecule has 0 radical (unpaired) electrons. The Labute approximate surface area is 124 Å². The van der Waals surface area contributed by atoms with Gasteiger partial charge in [-0.15, -0.1) is 0 Å². The summed E-state index contributed by atoms with van der Waals surface area (Å²) in [6, 6.07) is 3.89. The van der Waals surface area contributed by atoms with Gasteiger partial charge >= 0.3 is 0 Å². The van der Waals surface area contributed by atoms with Gasteiger partial charge in [0.2, 0.25) is 0 Å². The van der Waals surface area contributed by atoms with Gasteiger partial charge in [0.15, 0.2) is 17.6 Å². The highest BCUT2D eigenvalue weighted by Gasteiger charge is 2.34. The number of aliphatic imine (C=N–C) groups is 1. The van der Waals surface area contributed by atoms with Crippen molar-refractivity contribution in [2.24, 2.45) is 10.9 Å². The van der Waals surface area contributed by atoms with Crippen molar-refractivity contribution in [1.29, 1.82) is 0 Å². The molecular formula is C15H22FN5. The number of anilines is 1. The molecule has 2 heterocycles. The number of hydrogen-bond acceptors (Lipinski definition) is 3. The zero-order valence-electron chi connectivity index (χ0n) is 12.5. The minimum Gasteiger partial charge on any atom is -0.353 e. The number of aromatic nitrogens is 1. The molecule has 3 rings (SSSR count). The van der Waals surface area contributed by atoms with Crippen molar-refractivity contribution in [3.8, 4) is 0 Å². The number of nitrogens with one attached hydrogen (secondary N) is 2.